The lowest BCUT2D eigenvalue weighted by Crippen LogP contribution is -2.22. The van der Waals surface area contributed by atoms with E-state index in [9.17, 15) is 27.9 Å². The van der Waals surface area contributed by atoms with Crippen LogP contribution in [0.15, 0.2) is 36.4 Å². The molecule has 26 heavy (non-hydrogen) atoms. The Labute approximate surface area is 146 Å². The summed E-state index contributed by atoms with van der Waals surface area (Å²) in [6.07, 6.45) is -4.93. The van der Waals surface area contributed by atoms with Gasteiger partial charge < -0.3 is 14.6 Å². The van der Waals surface area contributed by atoms with Gasteiger partial charge in [0, 0.05) is 11.5 Å². The number of phenolic OH excluding ortho intramolecular Hbond substituents is 1. The Morgan fingerprint density at radius 2 is 1.85 bits per heavy atom. The number of fused-ring (bicyclic) bond motifs is 1. The maximum atomic E-state index is 12.3. The number of rotatable bonds is 3. The van der Waals surface area contributed by atoms with Crippen molar-refractivity contribution in [3.8, 4) is 17.2 Å². The Hall–Kier alpha value is -3.03. The van der Waals surface area contributed by atoms with E-state index in [1.807, 2.05) is 0 Å². The van der Waals surface area contributed by atoms with Gasteiger partial charge in [0.05, 0.1) is 12.0 Å². The lowest BCUT2D eigenvalue weighted by Gasteiger charge is -2.26. The van der Waals surface area contributed by atoms with Gasteiger partial charge in [-0.2, -0.15) is 0 Å². The predicted molar refractivity (Wildman–Crippen MR) is 83.3 cm³/mol. The largest absolute Gasteiger partial charge is 0.573 e. The summed E-state index contributed by atoms with van der Waals surface area (Å²) < 4.78 is 45.7. The molecule has 8 heteroatoms. The van der Waals surface area contributed by atoms with Crippen molar-refractivity contribution in [1.29, 1.82) is 0 Å². The average Bonchev–Trinajstić information content (AvgIpc) is 2.53. The summed E-state index contributed by atoms with van der Waals surface area (Å²) >= 11 is 0. The second-order valence-electron chi connectivity index (χ2n) is 5.78. The Morgan fingerprint density at radius 3 is 2.42 bits per heavy atom. The van der Waals surface area contributed by atoms with Crippen LogP contribution in [0.5, 0.6) is 17.2 Å². The average molecular weight is 366 g/mol. The summed E-state index contributed by atoms with van der Waals surface area (Å²) in [6.45, 7) is 1.29. The molecule has 3 rings (SSSR count). The van der Waals surface area contributed by atoms with Crippen molar-refractivity contribution in [3.63, 3.8) is 0 Å². The number of carbonyl (C=O) groups is 2. The molecule has 0 saturated carbocycles. The van der Waals surface area contributed by atoms with Crippen molar-refractivity contribution in [2.45, 2.75) is 25.6 Å². The molecular formula is C18H13F3O5. The summed E-state index contributed by atoms with van der Waals surface area (Å²) in [5.74, 6) is -2.16. The number of aromatic hydroxyl groups is 1. The first-order valence-electron chi connectivity index (χ1n) is 7.59. The van der Waals surface area contributed by atoms with Crippen LogP contribution in [0, 0.1) is 0 Å². The van der Waals surface area contributed by atoms with Crippen molar-refractivity contribution in [3.05, 3.63) is 53.1 Å². The molecule has 1 aliphatic rings. The Balaban J connectivity index is 2.03. The van der Waals surface area contributed by atoms with Crippen LogP contribution in [-0.2, 0) is 4.79 Å². The molecule has 0 unspecified atom stereocenters. The van der Waals surface area contributed by atoms with Gasteiger partial charge in [0.2, 0.25) is 0 Å². The van der Waals surface area contributed by atoms with Gasteiger partial charge in [-0.05, 0) is 36.8 Å². The van der Waals surface area contributed by atoms with Gasteiger partial charge >= 0.3 is 12.3 Å². The van der Waals surface area contributed by atoms with E-state index in [1.54, 1.807) is 0 Å². The normalized spacial score (nSPS) is 16.6. The van der Waals surface area contributed by atoms with Gasteiger partial charge in [0.15, 0.2) is 5.78 Å². The number of ether oxygens (including phenoxy) is 2. The van der Waals surface area contributed by atoms with Gasteiger partial charge in [0.1, 0.15) is 17.2 Å². The quantitative estimate of drug-likeness (QED) is 0.506. The molecule has 1 aliphatic heterocycles. The van der Waals surface area contributed by atoms with Gasteiger partial charge in [0.25, 0.3) is 0 Å². The monoisotopic (exact) mass is 366 g/mol. The lowest BCUT2D eigenvalue weighted by molar-refractivity contribution is -0.274. The van der Waals surface area contributed by atoms with Crippen LogP contribution in [-0.4, -0.2) is 23.2 Å². The summed E-state index contributed by atoms with van der Waals surface area (Å²) in [6, 6.07) is 7.74. The lowest BCUT2D eigenvalue weighted by atomic mass is 9.84. The van der Waals surface area contributed by atoms with Gasteiger partial charge in [-0.1, -0.05) is 12.1 Å². The molecule has 136 valence electrons. The van der Waals surface area contributed by atoms with Crippen LogP contribution in [0.3, 0.4) is 0 Å². The third-order valence-corrected chi connectivity index (χ3v) is 4.02. The number of halogens is 3. The van der Waals surface area contributed by atoms with Crippen LogP contribution in [0.2, 0.25) is 0 Å². The molecule has 0 fully saturated rings. The summed E-state index contributed by atoms with van der Waals surface area (Å²) in [7, 11) is 0. The number of benzene rings is 2. The van der Waals surface area contributed by atoms with E-state index in [2.05, 4.69) is 4.74 Å². The highest BCUT2D eigenvalue weighted by atomic mass is 19.4. The van der Waals surface area contributed by atoms with Crippen LogP contribution in [0.25, 0.3) is 0 Å². The highest BCUT2D eigenvalue weighted by molar-refractivity contribution is 5.98. The van der Waals surface area contributed by atoms with Crippen molar-refractivity contribution in [2.24, 2.45) is 0 Å². The zero-order chi connectivity index (χ0) is 19.1. The molecule has 0 amide bonds. The minimum absolute atomic E-state index is 0.0729. The van der Waals surface area contributed by atoms with Gasteiger partial charge in [-0.3, -0.25) is 9.59 Å². The van der Waals surface area contributed by atoms with Gasteiger partial charge in [-0.25, -0.2) is 0 Å². The highest BCUT2D eigenvalue weighted by Gasteiger charge is 2.34. The van der Waals surface area contributed by atoms with Crippen LogP contribution < -0.4 is 9.47 Å². The Kier molecular flexibility index (Phi) is 4.35. The SMILES string of the molecule is CC(=O)c1ccc2c(c1O)[C@@H](c1ccc(OC(F)(F)F)cc1)CC(=O)O2. The number of hydrogen-bond donors (Lipinski definition) is 1. The Bertz CT molecular complexity index is 872. The predicted octanol–water partition coefficient (Wildman–Crippen LogP) is 3.93. The number of hydrogen-bond acceptors (Lipinski definition) is 5. The maximum Gasteiger partial charge on any atom is 0.573 e. The van der Waals surface area contributed by atoms with E-state index in [4.69, 9.17) is 4.74 Å². The van der Waals surface area contributed by atoms with E-state index >= 15 is 0 Å². The van der Waals surface area contributed by atoms with E-state index in [-0.39, 0.29) is 34.8 Å². The molecule has 0 bridgehead atoms. The van der Waals surface area contributed by atoms with E-state index in [0.29, 0.717) is 5.56 Å². The van der Waals surface area contributed by atoms with Crippen molar-refractivity contribution in [2.75, 3.05) is 0 Å². The molecule has 0 radical (unpaired) electrons. The fourth-order valence-corrected chi connectivity index (χ4v) is 2.92. The number of ketones is 1. The molecule has 2 aromatic rings. The topological polar surface area (TPSA) is 72.8 Å². The summed E-state index contributed by atoms with van der Waals surface area (Å²) in [5.41, 5.74) is 0.805. The fraction of sp³-hybridized carbons (Fsp3) is 0.222. The molecule has 1 N–H and O–H groups in total. The molecule has 2 aromatic carbocycles. The standard InChI is InChI=1S/C18H13F3O5/c1-9(22)12-6-7-14-16(17(12)24)13(8-15(23)25-14)10-2-4-11(5-3-10)26-18(19,20)21/h2-7,13,24H,8H2,1H3/t13-/m1/s1. The van der Waals surface area contributed by atoms with Crippen molar-refractivity contribution >= 4 is 11.8 Å². The summed E-state index contributed by atoms with van der Waals surface area (Å²) in [4.78, 5) is 23.5. The van der Waals surface area contributed by atoms with Crippen molar-refractivity contribution < 1.29 is 37.3 Å². The van der Waals surface area contributed by atoms with E-state index < -0.39 is 24.0 Å². The van der Waals surface area contributed by atoms with Gasteiger partial charge in [-0.15, -0.1) is 13.2 Å². The highest BCUT2D eigenvalue weighted by Crippen LogP contribution is 2.45. The minimum Gasteiger partial charge on any atom is -0.507 e. The first kappa shape index (κ1) is 17.8. The second kappa shape index (κ2) is 6.36. The Morgan fingerprint density at radius 1 is 1.19 bits per heavy atom. The molecule has 0 aromatic heterocycles. The van der Waals surface area contributed by atoms with Crippen LogP contribution in [0.1, 0.15) is 40.7 Å². The summed E-state index contributed by atoms with van der Waals surface area (Å²) in [5, 5.41) is 10.4. The third-order valence-electron chi connectivity index (χ3n) is 4.02. The first-order valence-corrected chi connectivity index (χ1v) is 7.59. The van der Waals surface area contributed by atoms with Crippen LogP contribution >= 0.6 is 0 Å². The number of Topliss-reactive ketones (excluding diaryl/α,β-unsaturated/α-hetero) is 1. The maximum absolute atomic E-state index is 12.3. The van der Waals surface area contributed by atoms with Crippen LogP contribution in [0.4, 0.5) is 13.2 Å². The fourth-order valence-electron chi connectivity index (χ4n) is 2.92. The third kappa shape index (κ3) is 3.49. The number of alkyl halides is 3. The molecule has 1 heterocycles. The molecule has 0 aliphatic carbocycles. The first-order chi connectivity index (χ1) is 12.2. The smallest absolute Gasteiger partial charge is 0.507 e. The second-order valence-corrected chi connectivity index (χ2v) is 5.78. The van der Waals surface area contributed by atoms with E-state index in [1.165, 1.54) is 31.2 Å². The zero-order valence-corrected chi connectivity index (χ0v) is 13.5. The molecular weight excluding hydrogens is 353 g/mol. The molecule has 1 atom stereocenters. The molecule has 0 spiro atoms. The minimum atomic E-state index is -4.81. The van der Waals surface area contributed by atoms with Crippen molar-refractivity contribution in [1.82, 2.24) is 0 Å². The van der Waals surface area contributed by atoms with E-state index in [0.717, 1.165) is 12.1 Å². The zero-order valence-electron chi connectivity index (χ0n) is 13.5. The molecule has 0 saturated heterocycles. The number of phenols is 1. The number of carbonyl (C=O) groups excluding carboxylic acids is 2. The number of esters is 1. The molecule has 5 nitrogen and oxygen atoms in total.